The molecule has 1 saturated heterocycles. The number of nitrogens with one attached hydrogen (secondary N) is 1. The van der Waals surface area contributed by atoms with Crippen LogP contribution in [0.4, 0.5) is 0 Å². The van der Waals surface area contributed by atoms with Crippen LogP contribution < -0.4 is 5.32 Å². The normalized spacial score (nSPS) is 22.6. The molecule has 2 fully saturated rings. The standard InChI is InChI=1S/C19H27N3O2S/c20-15-19(8-2-1-3-9-19)21-18(23)14-22(12-16-6-4-10-24-16)13-17-7-5-11-25-17/h5,7,11,16H,1-4,6,8-10,12-14H2,(H,21,23). The molecule has 1 unspecified atom stereocenters. The van der Waals surface area contributed by atoms with Gasteiger partial charge in [0.1, 0.15) is 5.54 Å². The van der Waals surface area contributed by atoms with Crippen LogP contribution in [0, 0.1) is 11.3 Å². The average molecular weight is 362 g/mol. The maximum Gasteiger partial charge on any atom is 0.235 e. The zero-order valence-electron chi connectivity index (χ0n) is 14.7. The minimum absolute atomic E-state index is 0.0435. The first kappa shape index (κ1) is 18.4. The summed E-state index contributed by atoms with van der Waals surface area (Å²) >= 11 is 1.71. The van der Waals surface area contributed by atoms with Gasteiger partial charge in [-0.05, 0) is 37.1 Å². The van der Waals surface area contributed by atoms with E-state index in [1.54, 1.807) is 11.3 Å². The van der Waals surface area contributed by atoms with Crippen LogP contribution in [0.5, 0.6) is 0 Å². The molecule has 5 nitrogen and oxygen atoms in total. The van der Waals surface area contributed by atoms with Crippen LogP contribution in [0.25, 0.3) is 0 Å². The van der Waals surface area contributed by atoms with Crippen LogP contribution in [-0.2, 0) is 16.1 Å². The van der Waals surface area contributed by atoms with Crippen LogP contribution >= 0.6 is 11.3 Å². The number of amides is 1. The van der Waals surface area contributed by atoms with Gasteiger partial charge in [0.2, 0.25) is 5.91 Å². The molecule has 1 amide bonds. The fourth-order valence-electron chi connectivity index (χ4n) is 3.81. The fraction of sp³-hybridized carbons (Fsp3) is 0.684. The van der Waals surface area contributed by atoms with Crippen molar-refractivity contribution in [2.75, 3.05) is 19.7 Å². The number of carbonyl (C=O) groups is 1. The molecular weight excluding hydrogens is 334 g/mol. The van der Waals surface area contributed by atoms with Crippen molar-refractivity contribution < 1.29 is 9.53 Å². The van der Waals surface area contributed by atoms with Crippen molar-refractivity contribution in [2.24, 2.45) is 0 Å². The quantitative estimate of drug-likeness (QED) is 0.810. The third kappa shape index (κ3) is 5.27. The van der Waals surface area contributed by atoms with Crippen molar-refractivity contribution in [3.63, 3.8) is 0 Å². The van der Waals surface area contributed by atoms with Gasteiger partial charge in [-0.3, -0.25) is 9.69 Å². The summed E-state index contributed by atoms with van der Waals surface area (Å²) in [6, 6.07) is 6.51. The molecule has 3 rings (SSSR count). The van der Waals surface area contributed by atoms with E-state index >= 15 is 0 Å². The minimum Gasteiger partial charge on any atom is -0.377 e. The summed E-state index contributed by atoms with van der Waals surface area (Å²) in [5, 5.41) is 14.7. The zero-order valence-corrected chi connectivity index (χ0v) is 15.5. The van der Waals surface area contributed by atoms with Crippen LogP contribution in [0.15, 0.2) is 17.5 Å². The van der Waals surface area contributed by atoms with E-state index in [1.807, 2.05) is 6.07 Å². The lowest BCUT2D eigenvalue weighted by atomic mass is 9.83. The van der Waals surface area contributed by atoms with Crippen molar-refractivity contribution in [2.45, 2.75) is 63.1 Å². The molecule has 2 heterocycles. The largest absolute Gasteiger partial charge is 0.377 e. The van der Waals surface area contributed by atoms with Gasteiger partial charge in [-0.2, -0.15) is 5.26 Å². The van der Waals surface area contributed by atoms with E-state index in [1.165, 1.54) is 4.88 Å². The molecule has 1 aromatic rings. The molecule has 0 radical (unpaired) electrons. The molecule has 2 aliphatic rings. The Kier molecular flexibility index (Phi) is 6.46. The molecule has 1 N–H and O–H groups in total. The summed E-state index contributed by atoms with van der Waals surface area (Å²) in [7, 11) is 0. The third-order valence-corrected chi connectivity index (χ3v) is 5.97. The number of hydrogen-bond acceptors (Lipinski definition) is 5. The van der Waals surface area contributed by atoms with E-state index in [9.17, 15) is 10.1 Å². The molecule has 1 saturated carbocycles. The minimum atomic E-state index is -0.659. The van der Waals surface area contributed by atoms with E-state index in [-0.39, 0.29) is 12.0 Å². The number of carbonyl (C=O) groups excluding carboxylic acids is 1. The fourth-order valence-corrected chi connectivity index (χ4v) is 4.56. The highest BCUT2D eigenvalue weighted by Crippen LogP contribution is 2.27. The maximum absolute atomic E-state index is 12.6. The highest BCUT2D eigenvalue weighted by atomic mass is 32.1. The molecular formula is C19H27N3O2S. The zero-order chi connectivity index (χ0) is 17.5. The molecule has 1 atom stereocenters. The molecule has 0 aromatic carbocycles. The Balaban J connectivity index is 1.59. The lowest BCUT2D eigenvalue weighted by Crippen LogP contribution is -2.52. The highest BCUT2D eigenvalue weighted by Gasteiger charge is 2.34. The molecule has 0 spiro atoms. The smallest absolute Gasteiger partial charge is 0.235 e. The summed E-state index contributed by atoms with van der Waals surface area (Å²) in [5.41, 5.74) is -0.659. The first-order valence-corrected chi connectivity index (χ1v) is 10.2. The van der Waals surface area contributed by atoms with Gasteiger partial charge in [-0.1, -0.05) is 25.3 Å². The number of ether oxygens (including phenoxy) is 1. The SMILES string of the molecule is N#CC1(NC(=O)CN(Cc2cccs2)CC2CCCO2)CCCCC1. The molecule has 136 valence electrons. The van der Waals surface area contributed by atoms with Gasteiger partial charge in [0, 0.05) is 24.6 Å². The van der Waals surface area contributed by atoms with E-state index in [2.05, 4.69) is 27.7 Å². The van der Waals surface area contributed by atoms with Gasteiger partial charge in [0.05, 0.1) is 18.7 Å². The Hall–Kier alpha value is -1.42. The van der Waals surface area contributed by atoms with E-state index in [0.29, 0.717) is 6.54 Å². The van der Waals surface area contributed by atoms with Gasteiger partial charge >= 0.3 is 0 Å². The van der Waals surface area contributed by atoms with E-state index < -0.39 is 5.54 Å². The second kappa shape index (κ2) is 8.79. The lowest BCUT2D eigenvalue weighted by Gasteiger charge is -2.33. The average Bonchev–Trinajstić information content (AvgIpc) is 3.29. The van der Waals surface area contributed by atoms with Gasteiger partial charge < -0.3 is 10.1 Å². The summed E-state index contributed by atoms with van der Waals surface area (Å²) in [6.45, 7) is 2.66. The number of thiophene rings is 1. The molecule has 1 aliphatic carbocycles. The van der Waals surface area contributed by atoms with Crippen molar-refractivity contribution in [3.8, 4) is 6.07 Å². The van der Waals surface area contributed by atoms with Gasteiger partial charge in [-0.25, -0.2) is 0 Å². The monoisotopic (exact) mass is 361 g/mol. The van der Waals surface area contributed by atoms with Crippen molar-refractivity contribution in [3.05, 3.63) is 22.4 Å². The van der Waals surface area contributed by atoms with Gasteiger partial charge in [0.15, 0.2) is 0 Å². The van der Waals surface area contributed by atoms with Crippen LogP contribution in [0.1, 0.15) is 49.8 Å². The lowest BCUT2D eigenvalue weighted by molar-refractivity contribution is -0.124. The first-order valence-electron chi connectivity index (χ1n) is 9.28. The molecule has 25 heavy (non-hydrogen) atoms. The van der Waals surface area contributed by atoms with Crippen LogP contribution in [0.3, 0.4) is 0 Å². The summed E-state index contributed by atoms with van der Waals surface area (Å²) < 4.78 is 5.75. The Morgan fingerprint density at radius 1 is 1.40 bits per heavy atom. The predicted octanol–water partition coefficient (Wildman–Crippen LogP) is 3.07. The second-order valence-electron chi connectivity index (χ2n) is 7.19. The Morgan fingerprint density at radius 3 is 2.88 bits per heavy atom. The van der Waals surface area contributed by atoms with Crippen molar-refractivity contribution in [1.29, 1.82) is 5.26 Å². The number of nitrogens with zero attached hydrogens (tertiary/aromatic N) is 2. The number of hydrogen-bond donors (Lipinski definition) is 1. The van der Waals surface area contributed by atoms with Crippen molar-refractivity contribution >= 4 is 17.2 Å². The van der Waals surface area contributed by atoms with Crippen LogP contribution in [0.2, 0.25) is 0 Å². The predicted molar refractivity (Wildman–Crippen MR) is 98.1 cm³/mol. The van der Waals surface area contributed by atoms with E-state index in [4.69, 9.17) is 4.74 Å². The first-order chi connectivity index (χ1) is 12.2. The van der Waals surface area contributed by atoms with Crippen LogP contribution in [-0.4, -0.2) is 42.1 Å². The molecule has 1 aromatic heterocycles. The third-order valence-electron chi connectivity index (χ3n) is 5.11. The summed E-state index contributed by atoms with van der Waals surface area (Å²) in [6.07, 6.45) is 7.10. The summed E-state index contributed by atoms with van der Waals surface area (Å²) in [4.78, 5) is 16.1. The number of rotatable bonds is 7. The number of nitriles is 1. The molecule has 1 aliphatic heterocycles. The maximum atomic E-state index is 12.6. The topological polar surface area (TPSA) is 65.4 Å². The summed E-state index contributed by atoms with van der Waals surface area (Å²) in [5.74, 6) is -0.0435. The Labute approximate surface area is 154 Å². The highest BCUT2D eigenvalue weighted by molar-refractivity contribution is 7.09. The molecule has 6 heteroatoms. The van der Waals surface area contributed by atoms with E-state index in [0.717, 1.165) is 64.6 Å². The van der Waals surface area contributed by atoms with Gasteiger partial charge in [-0.15, -0.1) is 11.3 Å². The van der Waals surface area contributed by atoms with Crippen molar-refractivity contribution in [1.82, 2.24) is 10.2 Å². The Morgan fingerprint density at radius 2 is 2.24 bits per heavy atom. The Bertz CT molecular complexity index is 584. The van der Waals surface area contributed by atoms with Gasteiger partial charge in [0.25, 0.3) is 0 Å². The molecule has 0 bridgehead atoms. The second-order valence-corrected chi connectivity index (χ2v) is 8.22.